The molecule has 7 nitrogen and oxygen atoms in total. The molecule has 8 heteroatoms. The summed E-state index contributed by atoms with van der Waals surface area (Å²) in [5, 5.41) is 18.8. The van der Waals surface area contributed by atoms with Crippen molar-refractivity contribution in [2.75, 3.05) is 25.2 Å². The molecule has 2 heterocycles. The lowest BCUT2D eigenvalue weighted by molar-refractivity contribution is -0.120. The molecular weight excluding hydrogens is 416 g/mol. The van der Waals surface area contributed by atoms with E-state index in [9.17, 15) is 9.90 Å². The van der Waals surface area contributed by atoms with Crippen molar-refractivity contribution in [3.05, 3.63) is 59.1 Å². The summed E-state index contributed by atoms with van der Waals surface area (Å²) < 4.78 is 5.29. The second-order valence-electron chi connectivity index (χ2n) is 7.97. The number of rotatable bonds is 5. The molecule has 1 unspecified atom stereocenters. The number of para-hydroxylation sites is 1. The highest BCUT2D eigenvalue weighted by molar-refractivity contribution is 6.40. The minimum Gasteiger partial charge on any atom is -0.497 e. The quantitative estimate of drug-likeness (QED) is 0.742. The number of aliphatic hydroxyl groups excluding tert-OH is 1. The third-order valence-electron chi connectivity index (χ3n) is 5.83. The number of benzene rings is 2. The van der Waals surface area contributed by atoms with Crippen LogP contribution in [0.1, 0.15) is 31.4 Å². The van der Waals surface area contributed by atoms with Crippen LogP contribution >= 0.6 is 11.6 Å². The van der Waals surface area contributed by atoms with Gasteiger partial charge in [0.1, 0.15) is 11.5 Å². The Hall–Kier alpha value is -2.61. The van der Waals surface area contributed by atoms with Crippen LogP contribution in [0.2, 0.25) is 5.02 Å². The fourth-order valence-corrected chi connectivity index (χ4v) is 4.43. The number of nitrogens with one attached hydrogen (secondary N) is 1. The Balaban J connectivity index is 1.65. The van der Waals surface area contributed by atoms with Gasteiger partial charge >= 0.3 is 0 Å². The molecule has 0 radical (unpaired) electrons. The predicted octanol–water partition coefficient (Wildman–Crippen LogP) is 3.39. The average Bonchev–Trinajstić information content (AvgIpc) is 3.11. The zero-order valence-electron chi connectivity index (χ0n) is 17.7. The molecule has 0 aliphatic carbocycles. The standard InChI is InChI=1S/C23H27ClN4O3/c1-15-21(23(30)26-27-13-5-6-17(29)14-27)25-28(20-8-4-3-7-19(20)24)22(15)16-9-11-18(31-2)12-10-16/h3-4,7-12,15,17,22,29H,5-6,13-14H2,1-2H3,(H,26,30)/t15-,17?,22+/m1/s1. The number of methoxy groups -OCH3 is 1. The monoisotopic (exact) mass is 442 g/mol. The van der Waals surface area contributed by atoms with Crippen LogP contribution in [-0.4, -0.2) is 48.0 Å². The summed E-state index contributed by atoms with van der Waals surface area (Å²) in [6, 6.07) is 15.1. The van der Waals surface area contributed by atoms with Gasteiger partial charge in [-0.1, -0.05) is 42.8 Å². The van der Waals surface area contributed by atoms with Gasteiger partial charge < -0.3 is 9.84 Å². The number of piperidine rings is 1. The molecule has 3 atom stereocenters. The van der Waals surface area contributed by atoms with Crippen molar-refractivity contribution in [2.45, 2.75) is 31.9 Å². The molecule has 4 rings (SSSR count). The number of aliphatic hydroxyl groups is 1. The Morgan fingerprint density at radius 1 is 1.23 bits per heavy atom. The second-order valence-corrected chi connectivity index (χ2v) is 8.38. The van der Waals surface area contributed by atoms with Crippen LogP contribution in [0, 0.1) is 5.92 Å². The molecular formula is C23H27ClN4O3. The normalized spacial score (nSPS) is 24.1. The minimum absolute atomic E-state index is 0.181. The summed E-state index contributed by atoms with van der Waals surface area (Å²) >= 11 is 6.48. The maximum absolute atomic E-state index is 13.1. The minimum atomic E-state index is -0.427. The van der Waals surface area contributed by atoms with Gasteiger partial charge in [0.05, 0.1) is 30.0 Å². The van der Waals surface area contributed by atoms with Crippen LogP contribution in [0.15, 0.2) is 53.6 Å². The first-order chi connectivity index (χ1) is 15.0. The first-order valence-corrected chi connectivity index (χ1v) is 10.9. The van der Waals surface area contributed by atoms with E-state index in [0.717, 1.165) is 29.8 Å². The SMILES string of the molecule is COc1ccc([C@@H]2[C@H](C)C(C(=O)NN3CCCC(O)C3)=NN2c2ccccc2Cl)cc1. The maximum Gasteiger partial charge on any atom is 0.282 e. The van der Waals surface area contributed by atoms with E-state index < -0.39 is 6.10 Å². The van der Waals surface area contributed by atoms with Crippen LogP contribution in [0.4, 0.5) is 5.69 Å². The largest absolute Gasteiger partial charge is 0.497 e. The van der Waals surface area contributed by atoms with Crippen molar-refractivity contribution in [1.82, 2.24) is 10.4 Å². The number of nitrogens with zero attached hydrogens (tertiary/aromatic N) is 3. The van der Waals surface area contributed by atoms with E-state index in [-0.39, 0.29) is 17.9 Å². The number of carbonyl (C=O) groups excluding carboxylic acids is 1. The summed E-state index contributed by atoms with van der Waals surface area (Å²) in [4.78, 5) is 13.1. The Bertz CT molecular complexity index is 966. The fraction of sp³-hybridized carbons (Fsp3) is 0.391. The van der Waals surface area contributed by atoms with E-state index >= 15 is 0 Å². The van der Waals surface area contributed by atoms with Gasteiger partial charge in [-0.25, -0.2) is 5.01 Å². The van der Waals surface area contributed by atoms with E-state index in [4.69, 9.17) is 21.4 Å². The zero-order valence-corrected chi connectivity index (χ0v) is 18.4. The molecule has 2 aromatic carbocycles. The van der Waals surface area contributed by atoms with Crippen molar-refractivity contribution in [3.63, 3.8) is 0 Å². The molecule has 2 N–H and O–H groups in total. The molecule has 1 fully saturated rings. The third-order valence-corrected chi connectivity index (χ3v) is 6.15. The summed E-state index contributed by atoms with van der Waals surface area (Å²) in [6.07, 6.45) is 1.16. The first kappa shape index (κ1) is 21.6. The van der Waals surface area contributed by atoms with E-state index in [2.05, 4.69) is 5.43 Å². The Morgan fingerprint density at radius 2 is 1.97 bits per heavy atom. The van der Waals surface area contributed by atoms with Gasteiger partial charge in [0.15, 0.2) is 0 Å². The number of hydrogen-bond acceptors (Lipinski definition) is 6. The topological polar surface area (TPSA) is 77.4 Å². The van der Waals surface area contributed by atoms with Crippen molar-refractivity contribution in [3.8, 4) is 5.75 Å². The number of amides is 1. The van der Waals surface area contributed by atoms with Crippen molar-refractivity contribution < 1.29 is 14.6 Å². The van der Waals surface area contributed by atoms with E-state index in [1.807, 2.05) is 60.5 Å². The molecule has 2 aliphatic heterocycles. The molecule has 2 aromatic rings. The number of β-amino-alcohol motifs (C(OH)–C–C–N with tert-alkyl or cyclic N) is 1. The zero-order chi connectivity index (χ0) is 22.0. The highest BCUT2D eigenvalue weighted by Crippen LogP contribution is 2.41. The van der Waals surface area contributed by atoms with Gasteiger partial charge in [-0.2, -0.15) is 5.10 Å². The van der Waals surface area contributed by atoms with Gasteiger partial charge in [0.2, 0.25) is 0 Å². The lowest BCUT2D eigenvalue weighted by Gasteiger charge is -2.30. The maximum atomic E-state index is 13.1. The van der Waals surface area contributed by atoms with Gasteiger partial charge in [-0.15, -0.1) is 0 Å². The van der Waals surface area contributed by atoms with Crippen LogP contribution in [0.3, 0.4) is 0 Å². The van der Waals surface area contributed by atoms with Crippen LogP contribution in [-0.2, 0) is 4.79 Å². The van der Waals surface area contributed by atoms with Crippen LogP contribution in [0.25, 0.3) is 0 Å². The van der Waals surface area contributed by atoms with Gasteiger partial charge in [-0.05, 0) is 42.7 Å². The number of hydrazone groups is 1. The summed E-state index contributed by atoms with van der Waals surface area (Å²) in [5.41, 5.74) is 5.10. The molecule has 31 heavy (non-hydrogen) atoms. The first-order valence-electron chi connectivity index (χ1n) is 10.5. The second kappa shape index (κ2) is 9.26. The Labute approximate surface area is 187 Å². The summed E-state index contributed by atoms with van der Waals surface area (Å²) in [6.45, 7) is 3.12. The Morgan fingerprint density at radius 3 is 2.65 bits per heavy atom. The number of hydrogen-bond donors (Lipinski definition) is 2. The van der Waals surface area contributed by atoms with Crippen molar-refractivity contribution >= 4 is 28.9 Å². The third kappa shape index (κ3) is 4.54. The van der Waals surface area contributed by atoms with Crippen LogP contribution < -0.4 is 15.2 Å². The van der Waals surface area contributed by atoms with Gasteiger partial charge in [0, 0.05) is 19.0 Å². The number of anilines is 1. The smallest absolute Gasteiger partial charge is 0.282 e. The molecule has 0 bridgehead atoms. The van der Waals surface area contributed by atoms with E-state index in [1.165, 1.54) is 0 Å². The molecule has 1 amide bonds. The number of ether oxygens (including phenoxy) is 1. The fourth-order valence-electron chi connectivity index (χ4n) is 4.21. The summed E-state index contributed by atoms with van der Waals surface area (Å²) in [7, 11) is 1.63. The molecule has 2 aliphatic rings. The van der Waals surface area contributed by atoms with E-state index in [1.54, 1.807) is 12.1 Å². The van der Waals surface area contributed by atoms with Crippen molar-refractivity contribution in [2.24, 2.45) is 11.0 Å². The lowest BCUT2D eigenvalue weighted by Crippen LogP contribution is -2.51. The number of hydrazine groups is 1. The number of carbonyl (C=O) groups is 1. The summed E-state index contributed by atoms with van der Waals surface area (Å²) in [5.74, 6) is 0.329. The molecule has 1 saturated heterocycles. The van der Waals surface area contributed by atoms with E-state index in [0.29, 0.717) is 23.8 Å². The van der Waals surface area contributed by atoms with Crippen molar-refractivity contribution in [1.29, 1.82) is 0 Å². The lowest BCUT2D eigenvalue weighted by atomic mass is 9.91. The predicted molar refractivity (Wildman–Crippen MR) is 121 cm³/mol. The van der Waals surface area contributed by atoms with Gasteiger partial charge in [-0.3, -0.25) is 15.2 Å². The average molecular weight is 443 g/mol. The molecule has 0 saturated carbocycles. The highest BCUT2D eigenvalue weighted by Gasteiger charge is 2.40. The number of halogens is 1. The molecule has 0 aromatic heterocycles. The molecule has 0 spiro atoms. The van der Waals surface area contributed by atoms with Gasteiger partial charge in [0.25, 0.3) is 5.91 Å². The Kier molecular flexibility index (Phi) is 6.46. The molecule has 164 valence electrons. The van der Waals surface area contributed by atoms with Crippen LogP contribution in [0.5, 0.6) is 5.75 Å². The highest BCUT2D eigenvalue weighted by atomic mass is 35.5.